The molecule has 1 aliphatic rings. The maximum absolute atomic E-state index is 13.6. The molecule has 0 spiro atoms. The Hall–Kier alpha value is -2.64. The molecule has 2 rings (SSSR count). The van der Waals surface area contributed by atoms with Crippen molar-refractivity contribution in [2.24, 2.45) is 0 Å². The second kappa shape index (κ2) is 3.99. The Labute approximate surface area is 98.1 Å². The van der Waals surface area contributed by atoms with Crippen LogP contribution in [0.15, 0.2) is 18.2 Å². The third-order valence-electron chi connectivity index (χ3n) is 2.30. The minimum atomic E-state index is -1.54. The molecule has 1 aliphatic heterocycles. The van der Waals surface area contributed by atoms with Gasteiger partial charge in [0.2, 0.25) is 0 Å². The molecule has 0 bridgehead atoms. The fourth-order valence-electron chi connectivity index (χ4n) is 1.55. The Morgan fingerprint density at radius 3 is 2.39 bits per heavy atom. The lowest BCUT2D eigenvalue weighted by Crippen LogP contribution is -2.22. The largest absolute Gasteiger partial charge is 0.289 e. The molecule has 8 heteroatoms. The van der Waals surface area contributed by atoms with Gasteiger partial charge in [-0.05, 0) is 6.07 Å². The van der Waals surface area contributed by atoms with E-state index in [0.717, 1.165) is 6.07 Å². The molecular weight excluding hydrogens is 250 g/mol. The van der Waals surface area contributed by atoms with E-state index in [1.165, 1.54) is 0 Å². The van der Waals surface area contributed by atoms with E-state index >= 15 is 0 Å². The monoisotopic (exact) mass is 254 g/mol. The van der Waals surface area contributed by atoms with Crippen LogP contribution in [0.1, 0.15) is 5.56 Å². The molecule has 1 heterocycles. The van der Waals surface area contributed by atoms with Gasteiger partial charge in [-0.15, -0.1) is 0 Å². The number of carbonyl (C=O) groups excluding carboxylic acids is 2. The van der Waals surface area contributed by atoms with E-state index < -0.39 is 45.2 Å². The van der Waals surface area contributed by atoms with Gasteiger partial charge in [0.15, 0.2) is 11.6 Å². The van der Waals surface area contributed by atoms with Crippen molar-refractivity contribution in [3.63, 3.8) is 0 Å². The molecule has 0 atom stereocenters. The number of benzene rings is 1. The van der Waals surface area contributed by atoms with Gasteiger partial charge in [0, 0.05) is 12.1 Å². The molecule has 1 aromatic rings. The van der Waals surface area contributed by atoms with Crippen molar-refractivity contribution in [1.29, 1.82) is 0 Å². The Bertz CT molecular complexity index is 625. The summed E-state index contributed by atoms with van der Waals surface area (Å²) in [6.45, 7) is 0. The third-order valence-corrected chi connectivity index (χ3v) is 2.30. The van der Waals surface area contributed by atoms with Gasteiger partial charge in [0.05, 0.1) is 10.5 Å². The van der Waals surface area contributed by atoms with Crippen LogP contribution < -0.4 is 5.32 Å². The number of amides is 2. The summed E-state index contributed by atoms with van der Waals surface area (Å²) in [5.74, 6) is -4.73. The molecule has 0 fully saturated rings. The Balaban J connectivity index is 2.73. The van der Waals surface area contributed by atoms with Gasteiger partial charge in [-0.25, -0.2) is 8.78 Å². The maximum Gasteiger partial charge on any atom is 0.280 e. The molecule has 92 valence electrons. The molecule has 0 aromatic heterocycles. The topological polar surface area (TPSA) is 89.3 Å². The summed E-state index contributed by atoms with van der Waals surface area (Å²) in [6, 6.07) is 1.30. The van der Waals surface area contributed by atoms with Crippen molar-refractivity contribution in [1.82, 2.24) is 5.32 Å². The van der Waals surface area contributed by atoms with E-state index in [1.54, 1.807) is 5.32 Å². The lowest BCUT2D eigenvalue weighted by molar-refractivity contribution is -0.385. The van der Waals surface area contributed by atoms with Crippen LogP contribution in [-0.4, -0.2) is 16.7 Å². The van der Waals surface area contributed by atoms with Crippen molar-refractivity contribution in [2.45, 2.75) is 0 Å². The van der Waals surface area contributed by atoms with Gasteiger partial charge >= 0.3 is 0 Å². The van der Waals surface area contributed by atoms with E-state index in [2.05, 4.69) is 0 Å². The van der Waals surface area contributed by atoms with Crippen molar-refractivity contribution in [3.8, 4) is 0 Å². The van der Waals surface area contributed by atoms with E-state index in [1.807, 2.05) is 0 Å². The standard InChI is InChI=1S/C10H4F2N2O4/c11-5-1-2-6(14(17)18)8(9(5)12)4-3-7(15)13-10(4)16/h1-3H,(H,13,15,16). The highest BCUT2D eigenvalue weighted by atomic mass is 19.2. The summed E-state index contributed by atoms with van der Waals surface area (Å²) >= 11 is 0. The van der Waals surface area contributed by atoms with Crippen molar-refractivity contribution >= 4 is 23.1 Å². The average molecular weight is 254 g/mol. The van der Waals surface area contributed by atoms with Gasteiger partial charge in [-0.2, -0.15) is 0 Å². The second-order valence-electron chi connectivity index (χ2n) is 3.39. The number of carbonyl (C=O) groups is 2. The number of halogens is 2. The predicted molar refractivity (Wildman–Crippen MR) is 54.1 cm³/mol. The normalized spacial score (nSPS) is 14.4. The number of nitro groups is 1. The molecule has 0 saturated carbocycles. The van der Waals surface area contributed by atoms with Crippen molar-refractivity contribution in [2.75, 3.05) is 0 Å². The maximum atomic E-state index is 13.6. The van der Waals surface area contributed by atoms with Crippen LogP contribution >= 0.6 is 0 Å². The Morgan fingerprint density at radius 2 is 1.89 bits per heavy atom. The van der Waals surface area contributed by atoms with Crippen LogP contribution in [-0.2, 0) is 9.59 Å². The summed E-state index contributed by atoms with van der Waals surface area (Å²) in [4.78, 5) is 32.0. The summed E-state index contributed by atoms with van der Waals surface area (Å²) < 4.78 is 26.6. The first-order valence-electron chi connectivity index (χ1n) is 4.61. The van der Waals surface area contributed by atoms with Gasteiger partial charge in [-0.3, -0.25) is 25.0 Å². The van der Waals surface area contributed by atoms with Crippen LogP contribution in [0, 0.1) is 21.7 Å². The number of hydrogen-bond acceptors (Lipinski definition) is 4. The van der Waals surface area contributed by atoms with Crippen molar-refractivity contribution < 1.29 is 23.3 Å². The molecular formula is C10H4F2N2O4. The van der Waals surface area contributed by atoms with Gasteiger partial charge in [-0.1, -0.05) is 0 Å². The second-order valence-corrected chi connectivity index (χ2v) is 3.39. The summed E-state index contributed by atoms with van der Waals surface area (Å²) in [5, 5.41) is 12.5. The molecule has 0 aliphatic carbocycles. The number of imide groups is 1. The first-order chi connectivity index (χ1) is 8.41. The number of rotatable bonds is 2. The average Bonchev–Trinajstić information content (AvgIpc) is 2.61. The quantitative estimate of drug-likeness (QED) is 0.482. The first kappa shape index (κ1) is 11.8. The number of nitrogens with zero attached hydrogens (tertiary/aromatic N) is 1. The number of nitrogens with one attached hydrogen (secondary N) is 1. The van der Waals surface area contributed by atoms with Crippen LogP contribution in [0.4, 0.5) is 14.5 Å². The van der Waals surface area contributed by atoms with Crippen LogP contribution in [0.5, 0.6) is 0 Å². The molecule has 6 nitrogen and oxygen atoms in total. The zero-order chi connectivity index (χ0) is 13.4. The van der Waals surface area contributed by atoms with E-state index in [-0.39, 0.29) is 0 Å². The minimum absolute atomic E-state index is 0.566. The van der Waals surface area contributed by atoms with Gasteiger partial charge in [0.25, 0.3) is 17.5 Å². The highest BCUT2D eigenvalue weighted by molar-refractivity contribution is 6.34. The van der Waals surface area contributed by atoms with E-state index in [4.69, 9.17) is 0 Å². The SMILES string of the molecule is O=C1C=C(c2c([N+](=O)[O-])ccc(F)c2F)C(=O)N1. The highest BCUT2D eigenvalue weighted by Gasteiger charge is 2.32. The van der Waals surface area contributed by atoms with Gasteiger partial charge in [0.1, 0.15) is 5.56 Å². The molecule has 0 saturated heterocycles. The smallest absolute Gasteiger partial charge is 0.280 e. The summed E-state index contributed by atoms with van der Waals surface area (Å²) in [7, 11) is 0. The van der Waals surface area contributed by atoms with Crippen molar-refractivity contribution in [3.05, 3.63) is 45.5 Å². The highest BCUT2D eigenvalue weighted by Crippen LogP contribution is 2.31. The summed E-state index contributed by atoms with van der Waals surface area (Å²) in [6.07, 6.45) is 0.688. The number of hydrogen-bond donors (Lipinski definition) is 1. The Morgan fingerprint density at radius 1 is 1.22 bits per heavy atom. The zero-order valence-corrected chi connectivity index (χ0v) is 8.57. The molecule has 1 N–H and O–H groups in total. The first-order valence-corrected chi connectivity index (χ1v) is 4.61. The fourth-order valence-corrected chi connectivity index (χ4v) is 1.55. The molecule has 2 amide bonds. The zero-order valence-electron chi connectivity index (χ0n) is 8.57. The molecule has 0 radical (unpaired) electrons. The summed E-state index contributed by atoms with van der Waals surface area (Å²) in [5.41, 5.74) is -2.18. The van der Waals surface area contributed by atoms with Crippen LogP contribution in [0.2, 0.25) is 0 Å². The van der Waals surface area contributed by atoms with Crippen LogP contribution in [0.3, 0.4) is 0 Å². The predicted octanol–water partition coefficient (Wildman–Crippen LogP) is 0.913. The lowest BCUT2D eigenvalue weighted by Gasteiger charge is -2.04. The Kier molecular flexibility index (Phi) is 2.62. The van der Waals surface area contributed by atoms with Crippen LogP contribution in [0.25, 0.3) is 5.57 Å². The lowest BCUT2D eigenvalue weighted by atomic mass is 10.0. The molecule has 1 aromatic carbocycles. The fraction of sp³-hybridized carbons (Fsp3) is 0. The van der Waals surface area contributed by atoms with Gasteiger partial charge < -0.3 is 0 Å². The molecule has 0 unspecified atom stereocenters. The van der Waals surface area contributed by atoms with E-state index in [9.17, 15) is 28.5 Å². The minimum Gasteiger partial charge on any atom is -0.289 e. The number of nitro benzene ring substituents is 1. The van der Waals surface area contributed by atoms with E-state index in [0.29, 0.717) is 12.1 Å². The third kappa shape index (κ3) is 1.73. The molecule has 18 heavy (non-hydrogen) atoms.